The monoisotopic (exact) mass is 263 g/mol. The molecule has 0 bridgehead atoms. The number of carbonyl (C=O) groups excluding carboxylic acids is 1. The molecule has 1 amide bonds. The SMILES string of the molecule is CCC(CC(=O)O)NC(=O)c1c(C)cc(C)cc1C. The molecule has 1 atom stereocenters. The van der Waals surface area contributed by atoms with Gasteiger partial charge in [-0.2, -0.15) is 0 Å². The topological polar surface area (TPSA) is 66.4 Å². The Morgan fingerprint density at radius 2 is 1.74 bits per heavy atom. The molecule has 2 N–H and O–H groups in total. The van der Waals surface area contributed by atoms with Crippen molar-refractivity contribution in [3.63, 3.8) is 0 Å². The third-order valence-corrected chi connectivity index (χ3v) is 3.15. The first-order valence-corrected chi connectivity index (χ1v) is 6.45. The summed E-state index contributed by atoms with van der Waals surface area (Å²) in [5, 5.41) is 11.6. The summed E-state index contributed by atoms with van der Waals surface area (Å²) >= 11 is 0. The molecule has 4 nitrogen and oxygen atoms in total. The number of amides is 1. The summed E-state index contributed by atoms with van der Waals surface area (Å²) in [6.07, 6.45) is 0.550. The highest BCUT2D eigenvalue weighted by atomic mass is 16.4. The van der Waals surface area contributed by atoms with Crippen LogP contribution < -0.4 is 5.32 Å². The van der Waals surface area contributed by atoms with Crippen molar-refractivity contribution < 1.29 is 14.7 Å². The summed E-state index contributed by atoms with van der Waals surface area (Å²) in [6.45, 7) is 7.64. The Kier molecular flexibility index (Phi) is 5.10. The van der Waals surface area contributed by atoms with Crippen molar-refractivity contribution in [3.8, 4) is 0 Å². The predicted molar refractivity (Wildman–Crippen MR) is 74.5 cm³/mol. The maximum atomic E-state index is 12.2. The number of carboxylic acid groups (broad SMARTS) is 1. The molecule has 0 saturated heterocycles. The molecule has 0 aliphatic heterocycles. The van der Waals surface area contributed by atoms with Crippen LogP contribution in [0.3, 0.4) is 0 Å². The van der Waals surface area contributed by atoms with Crippen molar-refractivity contribution in [1.82, 2.24) is 5.32 Å². The van der Waals surface area contributed by atoms with Crippen LogP contribution in [0, 0.1) is 20.8 Å². The number of benzene rings is 1. The molecule has 0 radical (unpaired) electrons. The summed E-state index contributed by atoms with van der Waals surface area (Å²) in [5.41, 5.74) is 3.60. The number of nitrogens with one attached hydrogen (secondary N) is 1. The summed E-state index contributed by atoms with van der Waals surface area (Å²) in [6, 6.07) is 3.59. The predicted octanol–water partition coefficient (Wildman–Crippen LogP) is 2.59. The Bertz CT molecular complexity index is 471. The average Bonchev–Trinajstić information content (AvgIpc) is 2.25. The molecule has 4 heteroatoms. The van der Waals surface area contributed by atoms with Gasteiger partial charge in [0.25, 0.3) is 5.91 Å². The van der Waals surface area contributed by atoms with E-state index in [0.29, 0.717) is 12.0 Å². The lowest BCUT2D eigenvalue weighted by atomic mass is 9.98. The molecule has 19 heavy (non-hydrogen) atoms. The molecule has 1 unspecified atom stereocenters. The number of rotatable bonds is 5. The van der Waals surface area contributed by atoms with Gasteiger partial charge in [-0.25, -0.2) is 0 Å². The summed E-state index contributed by atoms with van der Waals surface area (Å²) < 4.78 is 0. The minimum absolute atomic E-state index is 0.0494. The van der Waals surface area contributed by atoms with E-state index in [1.807, 2.05) is 39.8 Å². The molecule has 1 aromatic carbocycles. The summed E-state index contributed by atoms with van der Waals surface area (Å²) in [5.74, 6) is -1.09. The van der Waals surface area contributed by atoms with Gasteiger partial charge in [0.15, 0.2) is 0 Å². The van der Waals surface area contributed by atoms with Crippen LogP contribution in [0.15, 0.2) is 12.1 Å². The minimum Gasteiger partial charge on any atom is -0.481 e. The van der Waals surface area contributed by atoms with E-state index in [9.17, 15) is 9.59 Å². The molecule has 0 aliphatic rings. The van der Waals surface area contributed by atoms with E-state index < -0.39 is 5.97 Å². The van der Waals surface area contributed by atoms with Gasteiger partial charge in [0.1, 0.15) is 0 Å². The number of hydrogen-bond acceptors (Lipinski definition) is 2. The molecule has 104 valence electrons. The van der Waals surface area contributed by atoms with Crippen molar-refractivity contribution in [2.45, 2.75) is 46.6 Å². The van der Waals surface area contributed by atoms with Crippen LogP contribution in [0.5, 0.6) is 0 Å². The second kappa shape index (κ2) is 6.36. The maximum absolute atomic E-state index is 12.2. The van der Waals surface area contributed by atoms with E-state index in [1.165, 1.54) is 0 Å². The molecular formula is C15H21NO3. The second-order valence-electron chi connectivity index (χ2n) is 4.95. The van der Waals surface area contributed by atoms with E-state index >= 15 is 0 Å². The molecule has 0 spiro atoms. The quantitative estimate of drug-likeness (QED) is 0.858. The number of carbonyl (C=O) groups is 2. The first-order valence-electron chi connectivity index (χ1n) is 6.45. The molecule has 1 rings (SSSR count). The normalized spacial score (nSPS) is 12.0. The van der Waals surface area contributed by atoms with E-state index in [1.54, 1.807) is 0 Å². The van der Waals surface area contributed by atoms with Crippen LogP contribution in [-0.2, 0) is 4.79 Å². The van der Waals surface area contributed by atoms with Crippen LogP contribution in [0.4, 0.5) is 0 Å². The largest absolute Gasteiger partial charge is 0.481 e. The van der Waals surface area contributed by atoms with Crippen molar-refractivity contribution in [3.05, 3.63) is 34.4 Å². The van der Waals surface area contributed by atoms with Gasteiger partial charge in [-0.3, -0.25) is 9.59 Å². The number of aryl methyl sites for hydroxylation is 3. The van der Waals surface area contributed by atoms with Crippen molar-refractivity contribution in [1.29, 1.82) is 0 Å². The fraction of sp³-hybridized carbons (Fsp3) is 0.467. The highest BCUT2D eigenvalue weighted by molar-refractivity contribution is 5.97. The van der Waals surface area contributed by atoms with Gasteiger partial charge >= 0.3 is 5.97 Å². The highest BCUT2D eigenvalue weighted by Gasteiger charge is 2.18. The molecule has 0 heterocycles. The number of aliphatic carboxylic acids is 1. The Morgan fingerprint density at radius 3 is 2.16 bits per heavy atom. The molecule has 0 saturated carbocycles. The fourth-order valence-corrected chi connectivity index (χ4v) is 2.30. The van der Waals surface area contributed by atoms with Gasteiger partial charge in [0, 0.05) is 11.6 Å². The summed E-state index contributed by atoms with van der Waals surface area (Å²) in [4.78, 5) is 23.0. The van der Waals surface area contributed by atoms with Gasteiger partial charge < -0.3 is 10.4 Å². The van der Waals surface area contributed by atoms with E-state index in [4.69, 9.17) is 5.11 Å². The minimum atomic E-state index is -0.899. The van der Waals surface area contributed by atoms with Gasteiger partial charge in [-0.05, 0) is 38.3 Å². The van der Waals surface area contributed by atoms with Gasteiger partial charge in [0.2, 0.25) is 0 Å². The van der Waals surface area contributed by atoms with Gasteiger partial charge in [0.05, 0.1) is 6.42 Å². The number of hydrogen-bond donors (Lipinski definition) is 2. The van der Waals surface area contributed by atoms with Gasteiger partial charge in [-0.1, -0.05) is 24.6 Å². The zero-order valence-electron chi connectivity index (χ0n) is 11.9. The third-order valence-electron chi connectivity index (χ3n) is 3.15. The molecule has 0 fully saturated rings. The third kappa shape index (κ3) is 4.09. The van der Waals surface area contributed by atoms with Crippen LogP contribution in [-0.4, -0.2) is 23.0 Å². The summed E-state index contributed by atoms with van der Waals surface area (Å²) in [7, 11) is 0. The lowest BCUT2D eigenvalue weighted by molar-refractivity contribution is -0.137. The Hall–Kier alpha value is -1.84. The highest BCUT2D eigenvalue weighted by Crippen LogP contribution is 2.16. The van der Waals surface area contributed by atoms with E-state index in [-0.39, 0.29) is 18.4 Å². The average molecular weight is 263 g/mol. The Balaban J connectivity index is 2.92. The van der Waals surface area contributed by atoms with Crippen molar-refractivity contribution in [2.24, 2.45) is 0 Å². The van der Waals surface area contributed by atoms with E-state index in [0.717, 1.165) is 16.7 Å². The number of carboxylic acids is 1. The first kappa shape index (κ1) is 15.2. The molecular weight excluding hydrogens is 242 g/mol. The van der Waals surface area contributed by atoms with Crippen LogP contribution >= 0.6 is 0 Å². The van der Waals surface area contributed by atoms with E-state index in [2.05, 4.69) is 5.32 Å². The lowest BCUT2D eigenvalue weighted by Crippen LogP contribution is -2.36. The van der Waals surface area contributed by atoms with Crippen molar-refractivity contribution >= 4 is 11.9 Å². The maximum Gasteiger partial charge on any atom is 0.305 e. The first-order chi connectivity index (χ1) is 8.85. The van der Waals surface area contributed by atoms with Crippen LogP contribution in [0.2, 0.25) is 0 Å². The smallest absolute Gasteiger partial charge is 0.305 e. The Labute approximate surface area is 113 Å². The fourth-order valence-electron chi connectivity index (χ4n) is 2.30. The second-order valence-corrected chi connectivity index (χ2v) is 4.95. The Morgan fingerprint density at radius 1 is 1.21 bits per heavy atom. The zero-order chi connectivity index (χ0) is 14.6. The van der Waals surface area contributed by atoms with Crippen LogP contribution in [0.25, 0.3) is 0 Å². The molecule has 0 aliphatic carbocycles. The standard InChI is InChI=1S/C15H21NO3/c1-5-12(8-13(17)18)16-15(19)14-10(3)6-9(2)7-11(14)4/h6-7,12H,5,8H2,1-4H3,(H,16,19)(H,17,18). The van der Waals surface area contributed by atoms with Crippen LogP contribution in [0.1, 0.15) is 46.8 Å². The van der Waals surface area contributed by atoms with Gasteiger partial charge in [-0.15, -0.1) is 0 Å². The van der Waals surface area contributed by atoms with Crippen molar-refractivity contribution in [2.75, 3.05) is 0 Å². The molecule has 0 aromatic heterocycles. The zero-order valence-corrected chi connectivity index (χ0v) is 11.9. The molecule has 1 aromatic rings. The lowest BCUT2D eigenvalue weighted by Gasteiger charge is -2.17.